The SMILES string of the molecule is CC(=O)N1CCC(CNC2=CC=NC(Cl)N2)CC1. The summed E-state index contributed by atoms with van der Waals surface area (Å²) < 4.78 is 0. The molecular weight excluding hydrogens is 252 g/mol. The Kier molecular flexibility index (Phi) is 4.47. The molecule has 1 unspecified atom stereocenters. The molecule has 2 aliphatic rings. The summed E-state index contributed by atoms with van der Waals surface area (Å²) in [6.07, 6.45) is 5.69. The molecule has 0 aromatic heterocycles. The number of carbonyl (C=O) groups is 1. The summed E-state index contributed by atoms with van der Waals surface area (Å²) in [5.74, 6) is 1.70. The fourth-order valence-electron chi connectivity index (χ4n) is 2.22. The third-order valence-corrected chi connectivity index (χ3v) is 3.60. The molecule has 0 aromatic rings. The molecule has 0 radical (unpaired) electrons. The summed E-state index contributed by atoms with van der Waals surface area (Å²) >= 11 is 5.85. The van der Waals surface area contributed by atoms with Crippen molar-refractivity contribution in [1.82, 2.24) is 15.5 Å². The summed E-state index contributed by atoms with van der Waals surface area (Å²) in [7, 11) is 0. The van der Waals surface area contributed by atoms with Crippen LogP contribution >= 0.6 is 11.6 Å². The molecule has 0 saturated carbocycles. The van der Waals surface area contributed by atoms with Crippen LogP contribution in [0.4, 0.5) is 0 Å². The average Bonchev–Trinajstić information content (AvgIpc) is 2.37. The lowest BCUT2D eigenvalue weighted by atomic mass is 9.97. The Morgan fingerprint density at radius 1 is 1.61 bits per heavy atom. The van der Waals surface area contributed by atoms with Gasteiger partial charge in [0.15, 0.2) is 5.62 Å². The fourth-order valence-corrected chi connectivity index (χ4v) is 2.41. The average molecular weight is 271 g/mol. The van der Waals surface area contributed by atoms with E-state index >= 15 is 0 Å². The van der Waals surface area contributed by atoms with Crippen LogP contribution in [0.5, 0.6) is 0 Å². The number of piperidine rings is 1. The van der Waals surface area contributed by atoms with Crippen molar-refractivity contribution in [1.29, 1.82) is 0 Å². The van der Waals surface area contributed by atoms with Gasteiger partial charge in [-0.2, -0.15) is 0 Å². The molecule has 100 valence electrons. The molecule has 0 bridgehead atoms. The van der Waals surface area contributed by atoms with Gasteiger partial charge in [0.05, 0.1) is 0 Å². The maximum atomic E-state index is 11.2. The number of likely N-dealkylation sites (tertiary alicyclic amines) is 1. The second-order valence-corrected chi connectivity index (χ2v) is 5.10. The Morgan fingerprint density at radius 3 is 2.94 bits per heavy atom. The quantitative estimate of drug-likeness (QED) is 0.591. The Hall–Kier alpha value is -1.23. The smallest absolute Gasteiger partial charge is 0.219 e. The van der Waals surface area contributed by atoms with Gasteiger partial charge in [0.2, 0.25) is 5.91 Å². The molecule has 0 spiro atoms. The van der Waals surface area contributed by atoms with Crippen LogP contribution in [-0.2, 0) is 4.79 Å². The molecule has 1 amide bonds. The highest BCUT2D eigenvalue weighted by Gasteiger charge is 2.20. The minimum Gasteiger partial charge on any atom is -0.372 e. The Bertz CT molecular complexity index is 361. The predicted molar refractivity (Wildman–Crippen MR) is 72.3 cm³/mol. The number of halogens is 1. The minimum atomic E-state index is -0.378. The second-order valence-electron chi connectivity index (χ2n) is 4.69. The molecule has 6 heteroatoms. The Labute approximate surface area is 112 Å². The van der Waals surface area contributed by atoms with Crippen LogP contribution in [-0.4, -0.2) is 42.3 Å². The van der Waals surface area contributed by atoms with Gasteiger partial charge in [0, 0.05) is 32.8 Å². The van der Waals surface area contributed by atoms with Crippen molar-refractivity contribution >= 4 is 23.7 Å². The lowest BCUT2D eigenvalue weighted by Crippen LogP contribution is -2.41. The van der Waals surface area contributed by atoms with Crippen molar-refractivity contribution in [2.75, 3.05) is 19.6 Å². The standard InChI is InChI=1S/C12H19ClN4O/c1-9(18)17-6-3-10(4-7-17)8-15-11-2-5-14-12(13)16-11/h2,5,10,12,15-16H,3-4,6-8H2,1H3. The first-order valence-electron chi connectivity index (χ1n) is 6.28. The van der Waals surface area contributed by atoms with Gasteiger partial charge in [-0.1, -0.05) is 11.6 Å². The van der Waals surface area contributed by atoms with E-state index in [4.69, 9.17) is 11.6 Å². The zero-order valence-electron chi connectivity index (χ0n) is 10.5. The number of amides is 1. The minimum absolute atomic E-state index is 0.180. The van der Waals surface area contributed by atoms with E-state index in [0.717, 1.165) is 38.3 Å². The molecule has 2 aliphatic heterocycles. The van der Waals surface area contributed by atoms with E-state index in [-0.39, 0.29) is 11.5 Å². The van der Waals surface area contributed by atoms with E-state index in [9.17, 15) is 4.79 Å². The first kappa shape index (κ1) is 13.2. The third kappa shape index (κ3) is 3.63. The van der Waals surface area contributed by atoms with Crippen LogP contribution < -0.4 is 10.6 Å². The van der Waals surface area contributed by atoms with E-state index < -0.39 is 0 Å². The Morgan fingerprint density at radius 2 is 2.33 bits per heavy atom. The van der Waals surface area contributed by atoms with Gasteiger partial charge in [-0.05, 0) is 24.8 Å². The normalized spacial score (nSPS) is 24.4. The molecule has 1 atom stereocenters. The number of aliphatic imine (C=N–C) groups is 1. The molecular formula is C12H19ClN4O. The number of allylic oxidation sites excluding steroid dienone is 1. The van der Waals surface area contributed by atoms with E-state index in [1.165, 1.54) is 0 Å². The van der Waals surface area contributed by atoms with Crippen LogP contribution in [0.1, 0.15) is 19.8 Å². The largest absolute Gasteiger partial charge is 0.372 e. The number of carbonyl (C=O) groups excluding carboxylic acids is 1. The van der Waals surface area contributed by atoms with Crippen molar-refractivity contribution in [2.45, 2.75) is 25.4 Å². The zero-order chi connectivity index (χ0) is 13.0. The van der Waals surface area contributed by atoms with Crippen molar-refractivity contribution < 1.29 is 4.79 Å². The van der Waals surface area contributed by atoms with Gasteiger partial charge in [-0.25, -0.2) is 0 Å². The van der Waals surface area contributed by atoms with E-state index in [0.29, 0.717) is 5.92 Å². The van der Waals surface area contributed by atoms with Gasteiger partial charge in [0.25, 0.3) is 0 Å². The molecule has 0 aliphatic carbocycles. The number of nitrogens with zero attached hydrogens (tertiary/aromatic N) is 2. The molecule has 2 N–H and O–H groups in total. The molecule has 1 fully saturated rings. The van der Waals surface area contributed by atoms with Crippen molar-refractivity contribution in [2.24, 2.45) is 10.9 Å². The molecule has 2 heterocycles. The van der Waals surface area contributed by atoms with Crippen LogP contribution in [0.2, 0.25) is 0 Å². The van der Waals surface area contributed by atoms with E-state index in [1.807, 2.05) is 11.0 Å². The monoisotopic (exact) mass is 270 g/mol. The topological polar surface area (TPSA) is 56.7 Å². The van der Waals surface area contributed by atoms with Gasteiger partial charge < -0.3 is 15.5 Å². The highest BCUT2D eigenvalue weighted by Crippen LogP contribution is 2.16. The number of rotatable bonds is 3. The first-order chi connectivity index (χ1) is 8.65. The zero-order valence-corrected chi connectivity index (χ0v) is 11.3. The summed E-state index contributed by atoms with van der Waals surface area (Å²) in [5, 5.41) is 6.37. The maximum absolute atomic E-state index is 11.2. The second kappa shape index (κ2) is 6.09. The van der Waals surface area contributed by atoms with Gasteiger partial charge in [-0.3, -0.25) is 9.79 Å². The third-order valence-electron chi connectivity index (χ3n) is 3.37. The lowest BCUT2D eigenvalue weighted by molar-refractivity contribution is -0.130. The fraction of sp³-hybridized carbons (Fsp3) is 0.667. The van der Waals surface area contributed by atoms with Gasteiger partial charge >= 0.3 is 0 Å². The van der Waals surface area contributed by atoms with Gasteiger partial charge in [0.1, 0.15) is 5.82 Å². The number of hydrogen-bond donors (Lipinski definition) is 2. The van der Waals surface area contributed by atoms with Crippen molar-refractivity contribution in [3.05, 3.63) is 11.9 Å². The lowest BCUT2D eigenvalue weighted by Gasteiger charge is -2.32. The summed E-state index contributed by atoms with van der Waals surface area (Å²) in [6, 6.07) is 0. The van der Waals surface area contributed by atoms with Crippen LogP contribution in [0.15, 0.2) is 16.9 Å². The Balaban J connectivity index is 1.71. The molecule has 5 nitrogen and oxygen atoms in total. The van der Waals surface area contributed by atoms with E-state index in [2.05, 4.69) is 15.6 Å². The molecule has 18 heavy (non-hydrogen) atoms. The first-order valence-corrected chi connectivity index (χ1v) is 6.72. The maximum Gasteiger partial charge on any atom is 0.219 e. The van der Waals surface area contributed by atoms with Crippen LogP contribution in [0, 0.1) is 5.92 Å². The van der Waals surface area contributed by atoms with E-state index in [1.54, 1.807) is 13.1 Å². The highest BCUT2D eigenvalue weighted by atomic mass is 35.5. The van der Waals surface area contributed by atoms with Crippen molar-refractivity contribution in [3.8, 4) is 0 Å². The molecule has 1 saturated heterocycles. The number of nitrogens with one attached hydrogen (secondary N) is 2. The highest BCUT2D eigenvalue weighted by molar-refractivity contribution is 6.20. The summed E-state index contributed by atoms with van der Waals surface area (Å²) in [4.78, 5) is 17.1. The van der Waals surface area contributed by atoms with Crippen molar-refractivity contribution in [3.63, 3.8) is 0 Å². The molecule has 0 aromatic carbocycles. The predicted octanol–water partition coefficient (Wildman–Crippen LogP) is 0.872. The molecule has 2 rings (SSSR count). The van der Waals surface area contributed by atoms with Crippen LogP contribution in [0.3, 0.4) is 0 Å². The number of alkyl halides is 1. The summed E-state index contributed by atoms with van der Waals surface area (Å²) in [5.41, 5.74) is -0.378. The summed E-state index contributed by atoms with van der Waals surface area (Å²) in [6.45, 7) is 4.28. The van der Waals surface area contributed by atoms with Crippen LogP contribution in [0.25, 0.3) is 0 Å². The van der Waals surface area contributed by atoms with Gasteiger partial charge in [-0.15, -0.1) is 0 Å². The number of hydrogen-bond acceptors (Lipinski definition) is 4.